The number of hydrogen-bond donors (Lipinski definition) is 0. The van der Waals surface area contributed by atoms with Gasteiger partial charge in [0.2, 0.25) is 0 Å². The summed E-state index contributed by atoms with van der Waals surface area (Å²) in [6.45, 7) is 0. The van der Waals surface area contributed by atoms with Crippen LogP contribution in [0.4, 0.5) is 0 Å². The molecule has 0 aromatic carbocycles. The molecule has 1 aliphatic carbocycles. The first-order valence-corrected chi connectivity index (χ1v) is 4.15. The van der Waals surface area contributed by atoms with Crippen LogP contribution in [0.1, 0.15) is 34.8 Å². The molecule has 10 heavy (non-hydrogen) atoms. The number of carbonyl (C=O) groups excluding carboxylic acids is 1. The molecule has 2 rings (SSSR count). The lowest BCUT2D eigenvalue weighted by molar-refractivity contribution is 0.112. The van der Waals surface area contributed by atoms with Gasteiger partial charge in [-0.05, 0) is 24.4 Å². The van der Waals surface area contributed by atoms with Crippen molar-refractivity contribution in [3.63, 3.8) is 0 Å². The molecule has 0 unspecified atom stereocenters. The van der Waals surface area contributed by atoms with Crippen LogP contribution in [0.25, 0.3) is 0 Å². The SMILES string of the molecule is O=Cc1csnc1C1CC1. The molecule has 52 valence electrons. The van der Waals surface area contributed by atoms with Gasteiger partial charge in [0.05, 0.1) is 5.69 Å². The molecule has 1 heterocycles. The second-order valence-corrected chi connectivity index (χ2v) is 3.18. The smallest absolute Gasteiger partial charge is 0.152 e. The normalized spacial score (nSPS) is 17.2. The van der Waals surface area contributed by atoms with Crippen LogP contribution >= 0.6 is 11.5 Å². The zero-order valence-corrected chi connectivity index (χ0v) is 6.23. The van der Waals surface area contributed by atoms with Crippen LogP contribution in [-0.2, 0) is 0 Å². The first-order chi connectivity index (χ1) is 4.92. The topological polar surface area (TPSA) is 30.0 Å². The summed E-state index contributed by atoms with van der Waals surface area (Å²) >= 11 is 1.38. The Morgan fingerprint density at radius 3 is 3.10 bits per heavy atom. The first kappa shape index (κ1) is 6.04. The van der Waals surface area contributed by atoms with Crippen LogP contribution in [-0.4, -0.2) is 10.7 Å². The van der Waals surface area contributed by atoms with Crippen LogP contribution in [0.15, 0.2) is 5.38 Å². The number of carbonyl (C=O) groups is 1. The molecule has 0 N–H and O–H groups in total. The van der Waals surface area contributed by atoms with Crippen molar-refractivity contribution in [3.8, 4) is 0 Å². The molecular weight excluding hydrogens is 146 g/mol. The fraction of sp³-hybridized carbons (Fsp3) is 0.429. The minimum absolute atomic E-state index is 0.603. The number of aromatic nitrogens is 1. The van der Waals surface area contributed by atoms with Gasteiger partial charge < -0.3 is 0 Å². The van der Waals surface area contributed by atoms with Crippen molar-refractivity contribution in [1.82, 2.24) is 4.37 Å². The summed E-state index contributed by atoms with van der Waals surface area (Å²) < 4.78 is 4.16. The van der Waals surface area contributed by atoms with Gasteiger partial charge in [-0.2, -0.15) is 4.37 Å². The fourth-order valence-corrected chi connectivity index (χ4v) is 1.72. The molecule has 0 amide bonds. The van der Waals surface area contributed by atoms with Gasteiger partial charge in [-0.3, -0.25) is 4.79 Å². The largest absolute Gasteiger partial charge is 0.298 e. The van der Waals surface area contributed by atoms with Crippen LogP contribution in [0, 0.1) is 0 Å². The highest BCUT2D eigenvalue weighted by Crippen LogP contribution is 2.40. The maximum atomic E-state index is 10.4. The van der Waals surface area contributed by atoms with E-state index in [1.54, 1.807) is 0 Å². The quantitative estimate of drug-likeness (QED) is 0.607. The number of nitrogens with zero attached hydrogens (tertiary/aromatic N) is 1. The molecule has 0 radical (unpaired) electrons. The maximum Gasteiger partial charge on any atom is 0.152 e. The summed E-state index contributed by atoms with van der Waals surface area (Å²) in [5, 5.41) is 1.82. The Bertz CT molecular complexity index is 252. The third-order valence-corrected chi connectivity index (χ3v) is 2.38. The molecule has 3 heteroatoms. The highest BCUT2D eigenvalue weighted by atomic mass is 32.1. The van der Waals surface area contributed by atoms with E-state index in [9.17, 15) is 4.79 Å². The van der Waals surface area contributed by atoms with Gasteiger partial charge in [0, 0.05) is 16.9 Å². The van der Waals surface area contributed by atoms with Gasteiger partial charge in [0.25, 0.3) is 0 Å². The minimum Gasteiger partial charge on any atom is -0.298 e. The van der Waals surface area contributed by atoms with E-state index in [1.165, 1.54) is 24.4 Å². The van der Waals surface area contributed by atoms with Crippen LogP contribution < -0.4 is 0 Å². The van der Waals surface area contributed by atoms with Crippen molar-refractivity contribution in [2.24, 2.45) is 0 Å². The van der Waals surface area contributed by atoms with Crippen LogP contribution in [0.2, 0.25) is 0 Å². The summed E-state index contributed by atoms with van der Waals surface area (Å²) in [4.78, 5) is 10.4. The van der Waals surface area contributed by atoms with Gasteiger partial charge in [-0.25, -0.2) is 0 Å². The average molecular weight is 153 g/mol. The maximum absolute atomic E-state index is 10.4. The van der Waals surface area contributed by atoms with E-state index in [0.29, 0.717) is 5.92 Å². The Morgan fingerprint density at radius 1 is 1.70 bits per heavy atom. The summed E-state index contributed by atoms with van der Waals surface area (Å²) in [5.41, 5.74) is 1.83. The second kappa shape index (κ2) is 2.16. The van der Waals surface area contributed by atoms with Gasteiger partial charge in [-0.15, -0.1) is 0 Å². The molecule has 0 atom stereocenters. The van der Waals surface area contributed by atoms with Gasteiger partial charge in [0.1, 0.15) is 0 Å². The summed E-state index contributed by atoms with van der Waals surface area (Å²) in [5.74, 6) is 0.603. The van der Waals surface area contributed by atoms with Crippen molar-refractivity contribution in [1.29, 1.82) is 0 Å². The van der Waals surface area contributed by atoms with E-state index in [1.807, 2.05) is 5.38 Å². The standard InChI is InChI=1S/C7H7NOS/c9-3-6-4-10-8-7(6)5-1-2-5/h3-5H,1-2H2. The van der Waals surface area contributed by atoms with Crippen LogP contribution in [0.3, 0.4) is 0 Å². The highest BCUT2D eigenvalue weighted by molar-refractivity contribution is 7.03. The Labute approximate surface area is 63.0 Å². The molecule has 1 aromatic heterocycles. The van der Waals surface area contributed by atoms with E-state index >= 15 is 0 Å². The van der Waals surface area contributed by atoms with Crippen molar-refractivity contribution in [3.05, 3.63) is 16.6 Å². The zero-order chi connectivity index (χ0) is 6.97. The van der Waals surface area contributed by atoms with Crippen molar-refractivity contribution >= 4 is 17.8 Å². The van der Waals surface area contributed by atoms with E-state index in [2.05, 4.69) is 4.37 Å². The third kappa shape index (κ3) is 0.865. The predicted molar refractivity (Wildman–Crippen MR) is 39.5 cm³/mol. The second-order valence-electron chi connectivity index (χ2n) is 2.55. The monoisotopic (exact) mass is 153 g/mol. The number of aldehydes is 1. The summed E-state index contributed by atoms with van der Waals surface area (Å²) in [6.07, 6.45) is 3.33. The van der Waals surface area contributed by atoms with Gasteiger partial charge >= 0.3 is 0 Å². The molecule has 1 aromatic rings. The molecule has 0 aliphatic heterocycles. The third-order valence-electron chi connectivity index (χ3n) is 1.72. The molecular formula is C7H7NOS. The van der Waals surface area contributed by atoms with E-state index < -0.39 is 0 Å². The Morgan fingerprint density at radius 2 is 2.50 bits per heavy atom. The van der Waals surface area contributed by atoms with Gasteiger partial charge in [0.15, 0.2) is 6.29 Å². The van der Waals surface area contributed by atoms with E-state index in [-0.39, 0.29) is 0 Å². The lowest BCUT2D eigenvalue weighted by atomic mass is 10.2. The molecule has 1 aliphatic rings. The number of hydrogen-bond acceptors (Lipinski definition) is 3. The molecule has 0 spiro atoms. The molecule has 0 saturated heterocycles. The van der Waals surface area contributed by atoms with Gasteiger partial charge in [-0.1, -0.05) is 0 Å². The molecule has 2 nitrogen and oxygen atoms in total. The molecule has 0 bridgehead atoms. The van der Waals surface area contributed by atoms with Crippen molar-refractivity contribution < 1.29 is 4.79 Å². The summed E-state index contributed by atoms with van der Waals surface area (Å²) in [7, 11) is 0. The zero-order valence-electron chi connectivity index (χ0n) is 5.41. The molecule has 1 saturated carbocycles. The van der Waals surface area contributed by atoms with Crippen molar-refractivity contribution in [2.45, 2.75) is 18.8 Å². The Kier molecular flexibility index (Phi) is 1.31. The Balaban J connectivity index is 2.37. The number of rotatable bonds is 2. The highest BCUT2D eigenvalue weighted by Gasteiger charge is 2.27. The van der Waals surface area contributed by atoms with Crippen molar-refractivity contribution in [2.75, 3.05) is 0 Å². The minimum atomic E-state index is 0.603. The van der Waals surface area contributed by atoms with E-state index in [4.69, 9.17) is 0 Å². The lowest BCUT2D eigenvalue weighted by Gasteiger charge is -1.87. The first-order valence-electron chi connectivity index (χ1n) is 3.31. The van der Waals surface area contributed by atoms with Crippen LogP contribution in [0.5, 0.6) is 0 Å². The van der Waals surface area contributed by atoms with E-state index in [0.717, 1.165) is 17.5 Å². The fourth-order valence-electron chi connectivity index (χ4n) is 1.01. The average Bonchev–Trinajstić information content (AvgIpc) is 2.69. The summed E-state index contributed by atoms with van der Waals surface area (Å²) in [6, 6.07) is 0. The predicted octanol–water partition coefficient (Wildman–Crippen LogP) is 1.83. The molecule has 1 fully saturated rings. The Hall–Kier alpha value is -0.700. The lowest BCUT2D eigenvalue weighted by Crippen LogP contribution is -1.84.